The first-order chi connectivity index (χ1) is 10.2. The van der Waals surface area contributed by atoms with Crippen molar-refractivity contribution in [3.8, 4) is 0 Å². The quantitative estimate of drug-likeness (QED) is 0.590. The molecule has 104 valence electrons. The van der Waals surface area contributed by atoms with Crippen LogP contribution < -0.4 is 11.2 Å². The zero-order valence-electron chi connectivity index (χ0n) is 11.5. The van der Waals surface area contributed by atoms with Crippen molar-refractivity contribution < 1.29 is 0 Å². The molecule has 6 nitrogen and oxygen atoms in total. The number of nitrogens with two attached hydrogens (primary N) is 1. The molecule has 4 aromatic heterocycles. The summed E-state index contributed by atoms with van der Waals surface area (Å²) in [5.41, 5.74) is 13.0. The Kier molecular flexibility index (Phi) is 2.38. The SMILES string of the molecule is Cn1cc(Nn2ccc3c(N)cncc32)c2ccncc21. The lowest BCUT2D eigenvalue weighted by Gasteiger charge is -2.08. The van der Waals surface area contributed by atoms with E-state index in [0.717, 1.165) is 27.5 Å². The number of anilines is 2. The molecule has 4 rings (SSSR count). The molecule has 0 fully saturated rings. The van der Waals surface area contributed by atoms with Crippen LogP contribution in [0.4, 0.5) is 11.4 Å². The number of fused-ring (bicyclic) bond motifs is 2. The van der Waals surface area contributed by atoms with Crippen LogP contribution in [-0.2, 0) is 7.05 Å². The summed E-state index contributed by atoms with van der Waals surface area (Å²) in [6, 6.07) is 3.97. The summed E-state index contributed by atoms with van der Waals surface area (Å²) >= 11 is 0. The third-order valence-electron chi connectivity index (χ3n) is 3.68. The Balaban J connectivity index is 1.85. The Morgan fingerprint density at radius 1 is 1.05 bits per heavy atom. The monoisotopic (exact) mass is 278 g/mol. The molecule has 0 aliphatic rings. The first-order valence-corrected chi connectivity index (χ1v) is 6.60. The smallest absolute Gasteiger partial charge is 0.0900 e. The molecule has 21 heavy (non-hydrogen) atoms. The van der Waals surface area contributed by atoms with Gasteiger partial charge < -0.3 is 10.3 Å². The summed E-state index contributed by atoms with van der Waals surface area (Å²) in [5.74, 6) is 0. The predicted octanol–water partition coefficient (Wildman–Crippen LogP) is 2.38. The highest BCUT2D eigenvalue weighted by atomic mass is 15.4. The van der Waals surface area contributed by atoms with Gasteiger partial charge in [0.25, 0.3) is 0 Å². The van der Waals surface area contributed by atoms with Crippen molar-refractivity contribution >= 4 is 33.2 Å². The first-order valence-electron chi connectivity index (χ1n) is 6.60. The van der Waals surface area contributed by atoms with Gasteiger partial charge >= 0.3 is 0 Å². The highest BCUT2D eigenvalue weighted by Gasteiger charge is 2.09. The lowest BCUT2D eigenvalue weighted by Crippen LogP contribution is -2.07. The van der Waals surface area contributed by atoms with Crippen LogP contribution in [0.3, 0.4) is 0 Å². The topological polar surface area (TPSA) is 73.7 Å². The number of hydrogen-bond acceptors (Lipinski definition) is 4. The third-order valence-corrected chi connectivity index (χ3v) is 3.68. The number of nitrogens with one attached hydrogen (secondary N) is 1. The van der Waals surface area contributed by atoms with Crippen LogP contribution in [0, 0.1) is 0 Å². The molecule has 0 unspecified atom stereocenters. The van der Waals surface area contributed by atoms with E-state index >= 15 is 0 Å². The second-order valence-corrected chi connectivity index (χ2v) is 5.01. The molecule has 0 aromatic carbocycles. The molecule has 0 saturated heterocycles. The molecule has 3 N–H and O–H groups in total. The van der Waals surface area contributed by atoms with Gasteiger partial charge in [-0.1, -0.05) is 0 Å². The number of pyridine rings is 2. The highest BCUT2D eigenvalue weighted by molar-refractivity contribution is 5.94. The Hall–Kier alpha value is -3.02. The molecular formula is C15H14N6. The normalized spacial score (nSPS) is 11.3. The van der Waals surface area contributed by atoms with Crippen LogP contribution >= 0.6 is 0 Å². The molecule has 0 saturated carbocycles. The van der Waals surface area contributed by atoms with Crippen molar-refractivity contribution in [2.75, 3.05) is 11.2 Å². The van der Waals surface area contributed by atoms with Gasteiger partial charge in [0.05, 0.1) is 41.0 Å². The van der Waals surface area contributed by atoms with Crippen molar-refractivity contribution in [2.45, 2.75) is 0 Å². The Morgan fingerprint density at radius 2 is 1.90 bits per heavy atom. The molecule has 4 heterocycles. The Bertz CT molecular complexity index is 949. The maximum Gasteiger partial charge on any atom is 0.0900 e. The molecule has 4 aromatic rings. The van der Waals surface area contributed by atoms with Crippen molar-refractivity contribution in [1.29, 1.82) is 0 Å². The highest BCUT2D eigenvalue weighted by Crippen LogP contribution is 2.26. The maximum absolute atomic E-state index is 5.94. The van der Waals surface area contributed by atoms with Crippen LogP contribution in [0.2, 0.25) is 0 Å². The lowest BCUT2D eigenvalue weighted by molar-refractivity contribution is 0.954. The second kappa shape index (κ2) is 4.24. The van der Waals surface area contributed by atoms with Crippen LogP contribution in [0.1, 0.15) is 0 Å². The van der Waals surface area contributed by atoms with E-state index in [2.05, 4.69) is 15.4 Å². The first kappa shape index (κ1) is 11.8. The van der Waals surface area contributed by atoms with E-state index in [0.29, 0.717) is 5.69 Å². The Morgan fingerprint density at radius 3 is 2.81 bits per heavy atom. The zero-order valence-corrected chi connectivity index (χ0v) is 11.5. The molecule has 0 spiro atoms. The van der Waals surface area contributed by atoms with Crippen LogP contribution in [-0.4, -0.2) is 19.2 Å². The fraction of sp³-hybridized carbons (Fsp3) is 0.0667. The third kappa shape index (κ3) is 1.73. The molecule has 0 amide bonds. The number of aromatic nitrogens is 4. The molecule has 0 radical (unpaired) electrons. The van der Waals surface area contributed by atoms with Gasteiger partial charge in [-0.25, -0.2) is 0 Å². The van der Waals surface area contributed by atoms with E-state index in [9.17, 15) is 0 Å². The predicted molar refractivity (Wildman–Crippen MR) is 83.9 cm³/mol. The summed E-state index contributed by atoms with van der Waals surface area (Å²) in [7, 11) is 2.00. The van der Waals surface area contributed by atoms with E-state index in [1.54, 1.807) is 18.6 Å². The van der Waals surface area contributed by atoms with E-state index in [1.807, 2.05) is 47.0 Å². The maximum atomic E-state index is 5.94. The van der Waals surface area contributed by atoms with Crippen LogP contribution in [0.25, 0.3) is 21.8 Å². The number of rotatable bonds is 2. The molecule has 0 aliphatic heterocycles. The van der Waals surface area contributed by atoms with Gasteiger partial charge in [-0.2, -0.15) is 0 Å². The summed E-state index contributed by atoms with van der Waals surface area (Å²) in [5, 5.41) is 2.10. The molecule has 0 bridgehead atoms. The molecular weight excluding hydrogens is 264 g/mol. The number of aryl methyl sites for hydroxylation is 1. The van der Waals surface area contributed by atoms with Crippen molar-refractivity contribution in [2.24, 2.45) is 7.05 Å². The fourth-order valence-electron chi connectivity index (χ4n) is 2.62. The van der Waals surface area contributed by atoms with Crippen molar-refractivity contribution in [3.63, 3.8) is 0 Å². The average Bonchev–Trinajstić information content (AvgIpc) is 3.04. The molecule has 6 heteroatoms. The standard InChI is InChI=1S/C15H14N6/c1-20-9-13(11-2-4-17-7-14(11)20)19-21-5-3-10-12(16)6-18-8-15(10)21/h2-9,19H,16H2,1H3. The number of nitrogen functional groups attached to an aromatic ring is 1. The van der Waals surface area contributed by atoms with Crippen molar-refractivity contribution in [1.82, 2.24) is 19.2 Å². The molecule has 0 aliphatic carbocycles. The van der Waals surface area contributed by atoms with Gasteiger partial charge in [0.2, 0.25) is 0 Å². The van der Waals surface area contributed by atoms with Crippen LogP contribution in [0.5, 0.6) is 0 Å². The minimum Gasteiger partial charge on any atom is -0.397 e. The number of hydrogen-bond donors (Lipinski definition) is 2. The summed E-state index contributed by atoms with van der Waals surface area (Å²) in [6.45, 7) is 0. The van der Waals surface area contributed by atoms with Gasteiger partial charge in [0, 0.05) is 36.4 Å². The van der Waals surface area contributed by atoms with E-state index in [4.69, 9.17) is 5.73 Å². The van der Waals surface area contributed by atoms with E-state index < -0.39 is 0 Å². The second-order valence-electron chi connectivity index (χ2n) is 5.01. The Labute approximate surface area is 120 Å². The van der Waals surface area contributed by atoms with Crippen LogP contribution in [0.15, 0.2) is 49.3 Å². The average molecular weight is 278 g/mol. The minimum atomic E-state index is 0.676. The van der Waals surface area contributed by atoms with E-state index in [-0.39, 0.29) is 0 Å². The zero-order chi connectivity index (χ0) is 14.4. The molecule has 0 atom stereocenters. The fourth-order valence-corrected chi connectivity index (χ4v) is 2.62. The van der Waals surface area contributed by atoms with Gasteiger partial charge in [-0.05, 0) is 12.1 Å². The number of nitrogens with zero attached hydrogens (tertiary/aromatic N) is 4. The largest absolute Gasteiger partial charge is 0.397 e. The van der Waals surface area contributed by atoms with Gasteiger partial charge in [0.1, 0.15) is 0 Å². The summed E-state index contributed by atoms with van der Waals surface area (Å²) in [6.07, 6.45) is 11.1. The van der Waals surface area contributed by atoms with Gasteiger partial charge in [-0.3, -0.25) is 20.1 Å². The van der Waals surface area contributed by atoms with Crippen molar-refractivity contribution in [3.05, 3.63) is 49.3 Å². The summed E-state index contributed by atoms with van der Waals surface area (Å²) in [4.78, 5) is 8.32. The minimum absolute atomic E-state index is 0.676. The van der Waals surface area contributed by atoms with Gasteiger partial charge in [0.15, 0.2) is 0 Å². The van der Waals surface area contributed by atoms with E-state index in [1.165, 1.54) is 0 Å². The van der Waals surface area contributed by atoms with Gasteiger partial charge in [-0.15, -0.1) is 0 Å². The lowest BCUT2D eigenvalue weighted by atomic mass is 10.3. The summed E-state index contributed by atoms with van der Waals surface area (Å²) < 4.78 is 3.97.